The van der Waals surface area contributed by atoms with E-state index in [0.717, 1.165) is 23.5 Å². The molecule has 0 atom stereocenters. The third-order valence-electron chi connectivity index (χ3n) is 4.75. The zero-order valence-corrected chi connectivity index (χ0v) is 19.4. The molecule has 1 saturated heterocycles. The van der Waals surface area contributed by atoms with Gasteiger partial charge in [-0.3, -0.25) is 9.69 Å². The first kappa shape index (κ1) is 22.4. The fourth-order valence-corrected chi connectivity index (χ4v) is 4.25. The molecule has 30 heavy (non-hydrogen) atoms. The van der Waals surface area contributed by atoms with Gasteiger partial charge in [0, 0.05) is 13.5 Å². The number of hydrogen-bond acceptors (Lipinski definition) is 5. The Morgan fingerprint density at radius 1 is 1.13 bits per heavy atom. The number of rotatable bonds is 8. The average Bonchev–Trinajstić information content (AvgIpc) is 2.94. The van der Waals surface area contributed by atoms with E-state index in [2.05, 4.69) is 39.0 Å². The van der Waals surface area contributed by atoms with Crippen molar-refractivity contribution >= 4 is 40.3 Å². The van der Waals surface area contributed by atoms with Crippen molar-refractivity contribution in [3.63, 3.8) is 0 Å². The van der Waals surface area contributed by atoms with Gasteiger partial charge in [0.1, 0.15) is 15.8 Å². The van der Waals surface area contributed by atoms with E-state index in [0.29, 0.717) is 28.4 Å². The molecule has 1 amide bonds. The summed E-state index contributed by atoms with van der Waals surface area (Å²) in [6.45, 7) is 7.58. The third kappa shape index (κ3) is 5.64. The van der Waals surface area contributed by atoms with Gasteiger partial charge in [-0.05, 0) is 53.8 Å². The van der Waals surface area contributed by atoms with E-state index in [1.54, 1.807) is 7.05 Å². The van der Waals surface area contributed by atoms with Crippen LogP contribution in [0.2, 0.25) is 0 Å². The van der Waals surface area contributed by atoms with Gasteiger partial charge < -0.3 is 9.47 Å². The number of amides is 1. The van der Waals surface area contributed by atoms with Crippen LogP contribution in [0.3, 0.4) is 0 Å². The third-order valence-corrected chi connectivity index (χ3v) is 6.23. The van der Waals surface area contributed by atoms with E-state index in [4.69, 9.17) is 21.7 Å². The summed E-state index contributed by atoms with van der Waals surface area (Å²) in [5, 5.41) is 0. The Labute approximate surface area is 188 Å². The van der Waals surface area contributed by atoms with Gasteiger partial charge in [-0.25, -0.2) is 0 Å². The number of carbonyl (C=O) groups excluding carboxylic acids is 1. The number of ether oxygens (including phenoxy) is 2. The van der Waals surface area contributed by atoms with Crippen LogP contribution in [0.25, 0.3) is 6.08 Å². The van der Waals surface area contributed by atoms with Crippen LogP contribution in [0.4, 0.5) is 0 Å². The van der Waals surface area contributed by atoms with Crippen molar-refractivity contribution in [2.24, 2.45) is 0 Å². The monoisotopic (exact) mass is 441 g/mol. The number of benzene rings is 2. The lowest BCUT2D eigenvalue weighted by atomic mass is 10.0. The molecule has 0 N–H and O–H groups in total. The summed E-state index contributed by atoms with van der Waals surface area (Å²) in [6, 6.07) is 14.1. The van der Waals surface area contributed by atoms with Gasteiger partial charge in [0.2, 0.25) is 0 Å². The molecule has 0 saturated carbocycles. The molecule has 4 nitrogen and oxygen atoms in total. The minimum Gasteiger partial charge on any atom is -0.493 e. The minimum absolute atomic E-state index is 0.0645. The van der Waals surface area contributed by atoms with Crippen LogP contribution in [0, 0.1) is 6.92 Å². The van der Waals surface area contributed by atoms with Gasteiger partial charge >= 0.3 is 0 Å². The van der Waals surface area contributed by atoms with Crippen molar-refractivity contribution in [3.05, 3.63) is 64.1 Å². The molecule has 2 aromatic rings. The van der Waals surface area contributed by atoms with Gasteiger partial charge in [0.05, 0.1) is 18.1 Å². The number of thioether (sulfide) groups is 1. The normalized spacial score (nSPS) is 15.4. The van der Waals surface area contributed by atoms with Gasteiger partial charge in [-0.15, -0.1) is 0 Å². The van der Waals surface area contributed by atoms with E-state index >= 15 is 0 Å². The molecule has 0 aliphatic carbocycles. The molecule has 0 unspecified atom stereocenters. The van der Waals surface area contributed by atoms with E-state index < -0.39 is 0 Å². The van der Waals surface area contributed by atoms with E-state index in [9.17, 15) is 4.79 Å². The lowest BCUT2D eigenvalue weighted by Crippen LogP contribution is -2.22. The van der Waals surface area contributed by atoms with Crippen LogP contribution in [-0.4, -0.2) is 35.4 Å². The van der Waals surface area contributed by atoms with Crippen molar-refractivity contribution < 1.29 is 14.3 Å². The molecule has 2 aromatic carbocycles. The molecule has 1 aliphatic heterocycles. The Morgan fingerprint density at radius 3 is 2.60 bits per heavy atom. The number of hydrogen-bond donors (Lipinski definition) is 0. The molecule has 158 valence electrons. The molecule has 0 aromatic heterocycles. The fraction of sp³-hybridized carbons (Fsp3) is 0.333. The molecular weight excluding hydrogens is 414 g/mol. The predicted octanol–water partition coefficient (Wildman–Crippen LogP) is 5.80. The second-order valence-electron chi connectivity index (χ2n) is 7.56. The van der Waals surface area contributed by atoms with Crippen LogP contribution >= 0.6 is 24.0 Å². The smallest absolute Gasteiger partial charge is 0.265 e. The lowest BCUT2D eigenvalue weighted by molar-refractivity contribution is -0.121. The van der Waals surface area contributed by atoms with E-state index in [1.165, 1.54) is 27.8 Å². The minimum atomic E-state index is -0.0645. The van der Waals surface area contributed by atoms with Crippen LogP contribution in [0.1, 0.15) is 42.9 Å². The van der Waals surface area contributed by atoms with Crippen molar-refractivity contribution in [1.82, 2.24) is 4.90 Å². The molecule has 1 fully saturated rings. The Morgan fingerprint density at radius 2 is 1.90 bits per heavy atom. The molecule has 0 radical (unpaired) electrons. The number of likely N-dealkylation sites (N-methyl/N-ethyl adjacent to an activating group) is 1. The number of thiocarbonyl (C=S) groups is 1. The summed E-state index contributed by atoms with van der Waals surface area (Å²) in [6.07, 6.45) is 2.63. The quantitative estimate of drug-likeness (QED) is 0.294. The Bertz CT molecular complexity index is 969. The van der Waals surface area contributed by atoms with Crippen LogP contribution in [0.5, 0.6) is 11.5 Å². The number of aryl methyl sites for hydroxylation is 1. The number of carbonyl (C=O) groups is 1. The van der Waals surface area contributed by atoms with Crippen molar-refractivity contribution in [2.75, 3.05) is 20.3 Å². The van der Waals surface area contributed by atoms with Crippen molar-refractivity contribution in [3.8, 4) is 11.5 Å². The summed E-state index contributed by atoms with van der Waals surface area (Å²) < 4.78 is 12.5. The van der Waals surface area contributed by atoms with Crippen molar-refractivity contribution in [1.29, 1.82) is 0 Å². The molecular formula is C24H27NO3S2. The van der Waals surface area contributed by atoms with Crippen LogP contribution in [0.15, 0.2) is 47.4 Å². The summed E-state index contributed by atoms with van der Waals surface area (Å²) in [7, 11) is 1.70. The van der Waals surface area contributed by atoms with Gasteiger partial charge in [0.15, 0.2) is 0 Å². The predicted molar refractivity (Wildman–Crippen MR) is 128 cm³/mol. The summed E-state index contributed by atoms with van der Waals surface area (Å²) in [4.78, 5) is 14.3. The second kappa shape index (κ2) is 10.1. The maximum atomic E-state index is 12.2. The average molecular weight is 442 g/mol. The highest BCUT2D eigenvalue weighted by atomic mass is 32.2. The maximum absolute atomic E-state index is 12.2. The molecule has 0 bridgehead atoms. The summed E-state index contributed by atoms with van der Waals surface area (Å²) in [5.74, 6) is 2.09. The highest BCUT2D eigenvalue weighted by molar-refractivity contribution is 8.26. The first-order valence-corrected chi connectivity index (χ1v) is 11.3. The zero-order chi connectivity index (χ0) is 21.7. The lowest BCUT2D eigenvalue weighted by Gasteiger charge is -2.15. The highest BCUT2D eigenvalue weighted by Gasteiger charge is 2.28. The Kier molecular flexibility index (Phi) is 7.56. The standard InChI is InChI=1S/C24H27NO3S2/c1-16(2)20-10-9-17(3)13-21(20)28-12-6-11-27-19-8-5-7-18(14-19)15-22-23(26)25(4)24(29)30-22/h5,7-10,13-16H,6,11-12H2,1-4H3. The van der Waals surface area contributed by atoms with E-state index in [1.807, 2.05) is 30.3 Å². The Balaban J connectivity index is 1.52. The zero-order valence-electron chi connectivity index (χ0n) is 17.8. The van der Waals surface area contributed by atoms with Crippen LogP contribution < -0.4 is 9.47 Å². The summed E-state index contributed by atoms with van der Waals surface area (Å²) in [5.41, 5.74) is 3.34. The van der Waals surface area contributed by atoms with Crippen LogP contribution in [-0.2, 0) is 4.79 Å². The first-order chi connectivity index (χ1) is 14.3. The van der Waals surface area contributed by atoms with Gasteiger partial charge in [0.25, 0.3) is 5.91 Å². The Hall–Kier alpha value is -2.31. The number of nitrogens with zero attached hydrogens (tertiary/aromatic N) is 1. The first-order valence-electron chi connectivity index (χ1n) is 10.0. The highest BCUT2D eigenvalue weighted by Crippen LogP contribution is 2.32. The van der Waals surface area contributed by atoms with Gasteiger partial charge in [-0.1, -0.05) is 62.1 Å². The second-order valence-corrected chi connectivity index (χ2v) is 9.24. The largest absolute Gasteiger partial charge is 0.493 e. The molecule has 3 rings (SSSR count). The molecule has 1 aliphatic rings. The topological polar surface area (TPSA) is 38.8 Å². The maximum Gasteiger partial charge on any atom is 0.265 e. The molecule has 6 heteroatoms. The summed E-state index contributed by atoms with van der Waals surface area (Å²) >= 11 is 6.50. The van der Waals surface area contributed by atoms with Crippen molar-refractivity contribution in [2.45, 2.75) is 33.1 Å². The molecule has 1 heterocycles. The molecule has 0 spiro atoms. The fourth-order valence-electron chi connectivity index (χ4n) is 3.07. The van der Waals surface area contributed by atoms with E-state index in [-0.39, 0.29) is 5.91 Å². The SMILES string of the molecule is Cc1ccc(C(C)C)c(OCCCOc2cccc(C=C3SC(=S)N(C)C3=O)c2)c1. The van der Waals surface area contributed by atoms with Gasteiger partial charge in [-0.2, -0.15) is 0 Å².